The van der Waals surface area contributed by atoms with Crippen LogP contribution in [0.5, 0.6) is 0 Å². The number of benzene rings is 2. The Balaban J connectivity index is 1.60. The van der Waals surface area contributed by atoms with Crippen molar-refractivity contribution in [1.82, 2.24) is 10.2 Å². The van der Waals surface area contributed by atoms with Crippen LogP contribution >= 0.6 is 0 Å². The molecule has 3 rings (SSSR count). The number of carbonyl (C=O) groups excluding carboxylic acids is 3. The van der Waals surface area contributed by atoms with Crippen LogP contribution in [0.25, 0.3) is 0 Å². The topological polar surface area (TPSA) is 66.5 Å². The predicted molar refractivity (Wildman–Crippen MR) is 98.3 cm³/mol. The van der Waals surface area contributed by atoms with Crippen molar-refractivity contribution in [3.63, 3.8) is 0 Å². The first-order valence-electron chi connectivity index (χ1n) is 8.85. The van der Waals surface area contributed by atoms with E-state index >= 15 is 0 Å². The molecule has 1 saturated heterocycles. The molecule has 0 saturated carbocycles. The highest BCUT2D eigenvalue weighted by Gasteiger charge is 2.28. The molecule has 1 heterocycles. The number of likely N-dealkylation sites (tertiary alicyclic amines) is 1. The second-order valence-electron chi connectivity index (χ2n) is 6.37. The number of rotatable bonds is 7. The van der Waals surface area contributed by atoms with Crippen LogP contribution in [-0.2, 0) is 14.4 Å². The number of hydrogen-bond acceptors (Lipinski definition) is 3. The lowest BCUT2D eigenvalue weighted by molar-refractivity contribution is -0.138. The van der Waals surface area contributed by atoms with Crippen molar-refractivity contribution in [2.45, 2.75) is 25.2 Å². The Morgan fingerprint density at radius 1 is 0.885 bits per heavy atom. The maximum Gasteiger partial charge on any atom is 0.229 e. The molecular weight excluding hydrogens is 328 g/mol. The van der Waals surface area contributed by atoms with E-state index in [9.17, 15) is 14.4 Å². The number of amides is 3. The van der Waals surface area contributed by atoms with Gasteiger partial charge in [-0.1, -0.05) is 60.7 Å². The van der Waals surface area contributed by atoms with Gasteiger partial charge in [0.15, 0.2) is 0 Å². The van der Waals surface area contributed by atoms with E-state index in [4.69, 9.17) is 0 Å². The predicted octanol–water partition coefficient (Wildman–Crippen LogP) is 2.47. The number of imide groups is 1. The highest BCUT2D eigenvalue weighted by molar-refractivity contribution is 6.02. The summed E-state index contributed by atoms with van der Waals surface area (Å²) in [7, 11) is 0. The fourth-order valence-corrected chi connectivity index (χ4v) is 3.19. The second-order valence-corrected chi connectivity index (χ2v) is 6.37. The third-order valence-corrected chi connectivity index (χ3v) is 4.62. The zero-order valence-corrected chi connectivity index (χ0v) is 14.6. The summed E-state index contributed by atoms with van der Waals surface area (Å²) in [6, 6.07) is 20.1. The van der Waals surface area contributed by atoms with Gasteiger partial charge in [-0.2, -0.15) is 0 Å². The van der Waals surface area contributed by atoms with Gasteiger partial charge < -0.3 is 5.32 Å². The molecule has 0 radical (unpaired) electrons. The normalized spacial score (nSPS) is 14.1. The fourth-order valence-electron chi connectivity index (χ4n) is 3.19. The molecule has 26 heavy (non-hydrogen) atoms. The minimum Gasteiger partial charge on any atom is -0.355 e. The Morgan fingerprint density at radius 2 is 1.38 bits per heavy atom. The van der Waals surface area contributed by atoms with E-state index < -0.39 is 0 Å². The Morgan fingerprint density at radius 3 is 1.88 bits per heavy atom. The fraction of sp³-hybridized carbons (Fsp3) is 0.286. The van der Waals surface area contributed by atoms with Crippen molar-refractivity contribution in [3.05, 3.63) is 71.8 Å². The van der Waals surface area contributed by atoms with Gasteiger partial charge in [-0.25, -0.2) is 0 Å². The lowest BCUT2D eigenvalue weighted by Crippen LogP contribution is -2.35. The third kappa shape index (κ3) is 4.36. The zero-order chi connectivity index (χ0) is 18.4. The minimum atomic E-state index is -0.186. The molecule has 5 heteroatoms. The molecule has 0 bridgehead atoms. The summed E-state index contributed by atoms with van der Waals surface area (Å²) in [4.78, 5) is 36.6. The minimum absolute atomic E-state index is 0.0522. The molecule has 3 amide bonds. The van der Waals surface area contributed by atoms with Gasteiger partial charge in [0, 0.05) is 38.3 Å². The van der Waals surface area contributed by atoms with Crippen LogP contribution in [0.1, 0.15) is 36.3 Å². The molecule has 1 aliphatic rings. The highest BCUT2D eigenvalue weighted by atomic mass is 16.2. The van der Waals surface area contributed by atoms with E-state index in [1.165, 1.54) is 4.90 Å². The first kappa shape index (κ1) is 17.9. The maximum absolute atomic E-state index is 12.2. The van der Waals surface area contributed by atoms with Crippen molar-refractivity contribution in [2.75, 3.05) is 13.1 Å². The van der Waals surface area contributed by atoms with Gasteiger partial charge in [0.2, 0.25) is 17.7 Å². The lowest BCUT2D eigenvalue weighted by atomic mass is 9.91. The van der Waals surface area contributed by atoms with Crippen molar-refractivity contribution in [2.24, 2.45) is 0 Å². The van der Waals surface area contributed by atoms with E-state index in [-0.39, 0.29) is 49.4 Å². The first-order valence-corrected chi connectivity index (χ1v) is 8.85. The van der Waals surface area contributed by atoms with Crippen LogP contribution in [0.15, 0.2) is 60.7 Å². The second kappa shape index (κ2) is 8.43. The summed E-state index contributed by atoms with van der Waals surface area (Å²) in [5.74, 6) is -0.478. The smallest absolute Gasteiger partial charge is 0.229 e. The number of nitrogens with one attached hydrogen (secondary N) is 1. The summed E-state index contributed by atoms with van der Waals surface area (Å²) in [5.41, 5.74) is 2.26. The van der Waals surface area contributed by atoms with Gasteiger partial charge in [-0.05, 0) is 11.1 Å². The Labute approximate surface area is 153 Å². The standard InChI is InChI=1S/C21H22N2O3/c24-19(13-14-23-20(25)11-12-21(23)26)22-15-18(16-7-3-1-4-8-16)17-9-5-2-6-10-17/h1-10,18H,11-15H2,(H,22,24). The summed E-state index contributed by atoms with van der Waals surface area (Å²) >= 11 is 0. The van der Waals surface area contributed by atoms with Crippen LogP contribution < -0.4 is 5.32 Å². The van der Waals surface area contributed by atoms with E-state index in [1.54, 1.807) is 0 Å². The third-order valence-electron chi connectivity index (χ3n) is 4.62. The molecule has 0 unspecified atom stereocenters. The number of carbonyl (C=O) groups is 3. The molecule has 5 nitrogen and oxygen atoms in total. The highest BCUT2D eigenvalue weighted by Crippen LogP contribution is 2.23. The summed E-state index contributed by atoms with van der Waals surface area (Å²) in [6.07, 6.45) is 0.642. The molecule has 0 atom stereocenters. The zero-order valence-electron chi connectivity index (χ0n) is 14.6. The van der Waals surface area contributed by atoms with Crippen molar-refractivity contribution in [1.29, 1.82) is 0 Å². The molecule has 2 aromatic rings. The Kier molecular flexibility index (Phi) is 5.79. The van der Waals surface area contributed by atoms with Gasteiger partial charge >= 0.3 is 0 Å². The first-order chi connectivity index (χ1) is 12.6. The SMILES string of the molecule is O=C(CCN1C(=O)CCC1=O)NCC(c1ccccc1)c1ccccc1. The van der Waals surface area contributed by atoms with E-state index in [2.05, 4.69) is 5.32 Å². The quantitative estimate of drug-likeness (QED) is 0.780. The number of nitrogens with zero attached hydrogens (tertiary/aromatic N) is 1. The van der Waals surface area contributed by atoms with Gasteiger partial charge in [0.25, 0.3) is 0 Å². The largest absolute Gasteiger partial charge is 0.355 e. The van der Waals surface area contributed by atoms with Gasteiger partial charge in [0.1, 0.15) is 0 Å². The van der Waals surface area contributed by atoms with Crippen molar-refractivity contribution in [3.8, 4) is 0 Å². The Hall–Kier alpha value is -2.95. The van der Waals surface area contributed by atoms with Gasteiger partial charge in [-0.3, -0.25) is 19.3 Å². The van der Waals surface area contributed by atoms with Crippen LogP contribution in [0, 0.1) is 0 Å². The van der Waals surface area contributed by atoms with Crippen LogP contribution in [-0.4, -0.2) is 35.7 Å². The monoisotopic (exact) mass is 350 g/mol. The molecule has 0 spiro atoms. The molecule has 134 valence electrons. The molecule has 1 aliphatic heterocycles. The van der Waals surface area contributed by atoms with Gasteiger partial charge in [0.05, 0.1) is 0 Å². The van der Waals surface area contributed by atoms with Gasteiger partial charge in [-0.15, -0.1) is 0 Å². The molecule has 0 aromatic heterocycles. The van der Waals surface area contributed by atoms with Crippen LogP contribution in [0.2, 0.25) is 0 Å². The molecular formula is C21H22N2O3. The average Bonchev–Trinajstić information content (AvgIpc) is 3.00. The summed E-state index contributed by atoms with van der Waals surface area (Å²) < 4.78 is 0. The van der Waals surface area contributed by atoms with Crippen molar-refractivity contribution >= 4 is 17.7 Å². The number of hydrogen-bond donors (Lipinski definition) is 1. The molecule has 1 fully saturated rings. The van der Waals surface area contributed by atoms with Crippen molar-refractivity contribution < 1.29 is 14.4 Å². The van der Waals surface area contributed by atoms with E-state index in [1.807, 2.05) is 60.7 Å². The molecule has 1 N–H and O–H groups in total. The van der Waals surface area contributed by atoms with E-state index in [0.717, 1.165) is 11.1 Å². The van der Waals surface area contributed by atoms with Crippen LogP contribution in [0.3, 0.4) is 0 Å². The lowest BCUT2D eigenvalue weighted by Gasteiger charge is -2.19. The summed E-state index contributed by atoms with van der Waals surface area (Å²) in [5, 5.41) is 2.95. The Bertz CT molecular complexity index is 719. The maximum atomic E-state index is 12.2. The van der Waals surface area contributed by atoms with Crippen LogP contribution in [0.4, 0.5) is 0 Å². The molecule has 0 aliphatic carbocycles. The molecule has 2 aromatic carbocycles. The average molecular weight is 350 g/mol. The van der Waals surface area contributed by atoms with E-state index in [0.29, 0.717) is 6.54 Å². The summed E-state index contributed by atoms with van der Waals surface area (Å²) in [6.45, 7) is 0.625.